The molecule has 25 heavy (non-hydrogen) atoms. The van der Waals surface area contributed by atoms with E-state index in [1.165, 1.54) is 5.56 Å². The zero-order valence-corrected chi connectivity index (χ0v) is 15.5. The fourth-order valence-electron chi connectivity index (χ4n) is 3.00. The SMILES string of the molecule is O=C(COc1cccc(Br)c1)NN=C1CCC(c2ccccc2)CC1. The average Bonchev–Trinajstić information content (AvgIpc) is 2.66. The van der Waals surface area contributed by atoms with Crippen molar-refractivity contribution in [2.75, 3.05) is 6.61 Å². The summed E-state index contributed by atoms with van der Waals surface area (Å²) in [5.41, 5.74) is 5.06. The van der Waals surface area contributed by atoms with Gasteiger partial charge in [-0.2, -0.15) is 5.10 Å². The van der Waals surface area contributed by atoms with Gasteiger partial charge < -0.3 is 4.74 Å². The molecule has 3 rings (SSSR count). The van der Waals surface area contributed by atoms with E-state index in [1.54, 1.807) is 0 Å². The van der Waals surface area contributed by atoms with E-state index in [2.05, 4.69) is 50.7 Å². The normalized spacial score (nSPS) is 17.0. The molecule has 0 unspecified atom stereocenters. The van der Waals surface area contributed by atoms with E-state index in [9.17, 15) is 4.79 Å². The van der Waals surface area contributed by atoms with Crippen molar-refractivity contribution in [2.45, 2.75) is 31.6 Å². The Bertz CT molecular complexity index is 736. The molecule has 1 aliphatic rings. The van der Waals surface area contributed by atoms with Crippen LogP contribution in [0.4, 0.5) is 0 Å². The van der Waals surface area contributed by atoms with Crippen molar-refractivity contribution in [1.29, 1.82) is 0 Å². The van der Waals surface area contributed by atoms with Gasteiger partial charge in [0.15, 0.2) is 6.61 Å². The highest BCUT2D eigenvalue weighted by molar-refractivity contribution is 9.10. The van der Waals surface area contributed by atoms with E-state index < -0.39 is 0 Å². The van der Waals surface area contributed by atoms with Gasteiger partial charge >= 0.3 is 0 Å². The first-order valence-electron chi connectivity index (χ1n) is 8.48. The van der Waals surface area contributed by atoms with Gasteiger partial charge in [0.25, 0.3) is 5.91 Å². The number of amides is 1. The topological polar surface area (TPSA) is 50.7 Å². The molecule has 2 aromatic rings. The van der Waals surface area contributed by atoms with Gasteiger partial charge in [0.2, 0.25) is 0 Å². The lowest BCUT2D eigenvalue weighted by molar-refractivity contribution is -0.123. The lowest BCUT2D eigenvalue weighted by Gasteiger charge is -2.23. The van der Waals surface area contributed by atoms with Crippen molar-refractivity contribution in [3.8, 4) is 5.75 Å². The molecule has 1 aliphatic carbocycles. The maximum absolute atomic E-state index is 11.9. The van der Waals surface area contributed by atoms with Gasteiger partial charge in [-0.15, -0.1) is 0 Å². The Hall–Kier alpha value is -2.14. The summed E-state index contributed by atoms with van der Waals surface area (Å²) in [4.78, 5) is 11.9. The van der Waals surface area contributed by atoms with Crippen LogP contribution in [0.5, 0.6) is 5.75 Å². The summed E-state index contributed by atoms with van der Waals surface area (Å²) in [6.07, 6.45) is 4.00. The fraction of sp³-hybridized carbons (Fsp3) is 0.300. The Balaban J connectivity index is 1.43. The zero-order valence-electron chi connectivity index (χ0n) is 14.0. The lowest BCUT2D eigenvalue weighted by atomic mass is 9.83. The Morgan fingerprint density at radius 1 is 1.12 bits per heavy atom. The highest BCUT2D eigenvalue weighted by Gasteiger charge is 2.19. The molecule has 0 radical (unpaired) electrons. The molecule has 0 aromatic heterocycles. The van der Waals surface area contributed by atoms with Crippen LogP contribution < -0.4 is 10.2 Å². The second-order valence-electron chi connectivity index (χ2n) is 6.14. The van der Waals surface area contributed by atoms with E-state index in [0.29, 0.717) is 11.7 Å². The highest BCUT2D eigenvalue weighted by Crippen LogP contribution is 2.31. The van der Waals surface area contributed by atoms with Crippen LogP contribution in [-0.4, -0.2) is 18.2 Å². The number of hydrazone groups is 1. The summed E-state index contributed by atoms with van der Waals surface area (Å²) in [7, 11) is 0. The van der Waals surface area contributed by atoms with Crippen molar-refractivity contribution in [1.82, 2.24) is 5.43 Å². The maximum atomic E-state index is 11.9. The molecule has 0 bridgehead atoms. The lowest BCUT2D eigenvalue weighted by Crippen LogP contribution is -2.26. The number of nitrogens with one attached hydrogen (secondary N) is 1. The summed E-state index contributed by atoms with van der Waals surface area (Å²) >= 11 is 3.37. The first-order chi connectivity index (χ1) is 12.2. The quantitative estimate of drug-likeness (QED) is 0.741. The van der Waals surface area contributed by atoms with Gasteiger partial charge in [-0.1, -0.05) is 52.3 Å². The molecular weight excluding hydrogens is 380 g/mol. The summed E-state index contributed by atoms with van der Waals surface area (Å²) < 4.78 is 6.37. The molecule has 0 aliphatic heterocycles. The second-order valence-corrected chi connectivity index (χ2v) is 7.06. The van der Waals surface area contributed by atoms with Crippen LogP contribution in [0, 0.1) is 0 Å². The monoisotopic (exact) mass is 400 g/mol. The molecule has 4 nitrogen and oxygen atoms in total. The largest absolute Gasteiger partial charge is 0.484 e. The van der Waals surface area contributed by atoms with E-state index in [0.717, 1.165) is 35.9 Å². The van der Waals surface area contributed by atoms with Crippen molar-refractivity contribution < 1.29 is 9.53 Å². The number of hydrogen-bond donors (Lipinski definition) is 1. The molecular formula is C20H21BrN2O2. The van der Waals surface area contributed by atoms with E-state index >= 15 is 0 Å². The summed E-state index contributed by atoms with van der Waals surface area (Å²) in [5.74, 6) is 1.01. The predicted octanol–water partition coefficient (Wildman–Crippen LogP) is 4.66. The Labute approximate surface area is 156 Å². The van der Waals surface area contributed by atoms with Gasteiger partial charge in [0, 0.05) is 10.2 Å². The third kappa shape index (κ3) is 5.43. The van der Waals surface area contributed by atoms with Crippen LogP contribution in [0.2, 0.25) is 0 Å². The van der Waals surface area contributed by atoms with E-state index in [-0.39, 0.29) is 12.5 Å². The summed E-state index contributed by atoms with van der Waals surface area (Å²) in [6, 6.07) is 18.0. The van der Waals surface area contributed by atoms with E-state index in [4.69, 9.17) is 4.74 Å². The van der Waals surface area contributed by atoms with Crippen molar-refractivity contribution in [2.24, 2.45) is 5.10 Å². The van der Waals surface area contributed by atoms with Gasteiger partial charge in [-0.3, -0.25) is 4.79 Å². The minimum Gasteiger partial charge on any atom is -0.484 e. The van der Waals surface area contributed by atoms with Gasteiger partial charge in [-0.05, 0) is 55.4 Å². The Morgan fingerprint density at radius 2 is 1.88 bits per heavy atom. The summed E-state index contributed by atoms with van der Waals surface area (Å²) in [5, 5.41) is 4.27. The third-order valence-corrected chi connectivity index (χ3v) is 4.83. The van der Waals surface area contributed by atoms with Gasteiger partial charge in [0.1, 0.15) is 5.75 Å². The van der Waals surface area contributed by atoms with Crippen LogP contribution in [0.3, 0.4) is 0 Å². The molecule has 0 heterocycles. The molecule has 130 valence electrons. The molecule has 1 saturated carbocycles. The standard InChI is InChI=1S/C20H21BrN2O2/c21-17-7-4-8-19(13-17)25-14-20(24)23-22-18-11-9-16(10-12-18)15-5-2-1-3-6-15/h1-8,13,16H,9-12,14H2,(H,23,24). The first-order valence-corrected chi connectivity index (χ1v) is 9.27. The summed E-state index contributed by atoms with van der Waals surface area (Å²) in [6.45, 7) is -0.0418. The average molecular weight is 401 g/mol. The van der Waals surface area contributed by atoms with E-state index in [1.807, 2.05) is 30.3 Å². The minimum atomic E-state index is -0.238. The van der Waals surface area contributed by atoms with Crippen LogP contribution in [0.25, 0.3) is 0 Å². The first kappa shape index (κ1) is 17.7. The molecule has 2 aromatic carbocycles. The third-order valence-electron chi connectivity index (χ3n) is 4.34. The van der Waals surface area contributed by atoms with Crippen LogP contribution in [0.15, 0.2) is 64.2 Å². The molecule has 1 fully saturated rings. The number of benzene rings is 2. The fourth-order valence-corrected chi connectivity index (χ4v) is 3.38. The molecule has 0 spiro atoms. The van der Waals surface area contributed by atoms with Crippen LogP contribution in [-0.2, 0) is 4.79 Å². The van der Waals surface area contributed by atoms with Crippen LogP contribution in [0.1, 0.15) is 37.2 Å². The second kappa shape index (κ2) is 8.81. The van der Waals surface area contributed by atoms with Crippen molar-refractivity contribution in [3.05, 3.63) is 64.6 Å². The number of carbonyl (C=O) groups excluding carboxylic acids is 1. The highest BCUT2D eigenvalue weighted by atomic mass is 79.9. The zero-order chi connectivity index (χ0) is 17.5. The van der Waals surface area contributed by atoms with Gasteiger partial charge in [-0.25, -0.2) is 5.43 Å². The molecule has 1 N–H and O–H groups in total. The van der Waals surface area contributed by atoms with Gasteiger partial charge in [0.05, 0.1) is 0 Å². The number of ether oxygens (including phenoxy) is 1. The number of rotatable bonds is 5. The number of nitrogens with zero attached hydrogens (tertiary/aromatic N) is 1. The predicted molar refractivity (Wildman–Crippen MR) is 103 cm³/mol. The Morgan fingerprint density at radius 3 is 2.60 bits per heavy atom. The van der Waals surface area contributed by atoms with Crippen LogP contribution >= 0.6 is 15.9 Å². The van der Waals surface area contributed by atoms with Crippen molar-refractivity contribution in [3.63, 3.8) is 0 Å². The Kier molecular flexibility index (Phi) is 6.23. The molecule has 0 saturated heterocycles. The van der Waals surface area contributed by atoms with Crippen molar-refractivity contribution >= 4 is 27.5 Å². The molecule has 5 heteroatoms. The number of carbonyl (C=O) groups is 1. The minimum absolute atomic E-state index is 0.0418. The maximum Gasteiger partial charge on any atom is 0.277 e. The number of halogens is 1. The smallest absolute Gasteiger partial charge is 0.277 e. The number of hydrogen-bond acceptors (Lipinski definition) is 3. The molecule has 1 amide bonds. The molecule has 0 atom stereocenters.